The highest BCUT2D eigenvalue weighted by Gasteiger charge is 2.16. The van der Waals surface area contributed by atoms with E-state index in [1.807, 2.05) is 6.20 Å². The fourth-order valence-corrected chi connectivity index (χ4v) is 2.79. The van der Waals surface area contributed by atoms with Gasteiger partial charge in [0.15, 0.2) is 0 Å². The molecule has 3 heterocycles. The van der Waals surface area contributed by atoms with E-state index in [-0.39, 0.29) is 0 Å². The van der Waals surface area contributed by atoms with Gasteiger partial charge in [-0.15, -0.1) is 0 Å². The van der Waals surface area contributed by atoms with Crippen molar-refractivity contribution in [3.63, 3.8) is 0 Å². The van der Waals surface area contributed by atoms with E-state index in [4.69, 9.17) is 0 Å². The largest absolute Gasteiger partial charge is 0.317 e. The molecule has 1 fully saturated rings. The number of aromatic nitrogens is 3. The molecule has 96 valence electrons. The normalized spacial score (nSPS) is 17.2. The third-order valence-corrected chi connectivity index (χ3v) is 3.80. The standard InChI is InChI=1S/C14H20N4/c1-11-3-4-12(2)18(11)14-9-16-17(10-14)13-5-7-15-8-6-13/h3-4,9-10,13,15H,5-8H2,1-2H3. The lowest BCUT2D eigenvalue weighted by Gasteiger charge is -2.22. The van der Waals surface area contributed by atoms with Gasteiger partial charge < -0.3 is 9.88 Å². The van der Waals surface area contributed by atoms with Crippen LogP contribution in [0.3, 0.4) is 0 Å². The molecular weight excluding hydrogens is 224 g/mol. The van der Waals surface area contributed by atoms with E-state index in [1.54, 1.807) is 0 Å². The van der Waals surface area contributed by atoms with Crippen LogP contribution in [-0.4, -0.2) is 27.4 Å². The third kappa shape index (κ3) is 1.97. The molecular formula is C14H20N4. The maximum absolute atomic E-state index is 4.55. The van der Waals surface area contributed by atoms with Crippen molar-refractivity contribution in [2.24, 2.45) is 0 Å². The smallest absolute Gasteiger partial charge is 0.0837 e. The Labute approximate surface area is 108 Å². The monoisotopic (exact) mass is 244 g/mol. The van der Waals surface area contributed by atoms with Gasteiger partial charge in [0.1, 0.15) is 0 Å². The highest BCUT2D eigenvalue weighted by molar-refractivity contribution is 5.33. The Balaban J connectivity index is 1.89. The number of aryl methyl sites for hydroxylation is 2. The summed E-state index contributed by atoms with van der Waals surface area (Å²) in [4.78, 5) is 0. The van der Waals surface area contributed by atoms with Gasteiger partial charge in [-0.2, -0.15) is 5.10 Å². The van der Waals surface area contributed by atoms with Crippen LogP contribution in [0.5, 0.6) is 0 Å². The van der Waals surface area contributed by atoms with Crippen molar-refractivity contribution < 1.29 is 0 Å². The molecule has 1 saturated heterocycles. The lowest BCUT2D eigenvalue weighted by Crippen LogP contribution is -2.29. The average Bonchev–Trinajstić information content (AvgIpc) is 2.98. The van der Waals surface area contributed by atoms with Crippen molar-refractivity contribution in [1.82, 2.24) is 19.7 Å². The van der Waals surface area contributed by atoms with Gasteiger partial charge in [-0.3, -0.25) is 4.68 Å². The summed E-state index contributed by atoms with van der Waals surface area (Å²) in [7, 11) is 0. The predicted octanol–water partition coefficient (Wildman–Crippen LogP) is 2.22. The van der Waals surface area contributed by atoms with Crippen LogP contribution in [0.15, 0.2) is 24.5 Å². The van der Waals surface area contributed by atoms with Crippen molar-refractivity contribution >= 4 is 0 Å². The minimum Gasteiger partial charge on any atom is -0.317 e. The number of nitrogens with one attached hydrogen (secondary N) is 1. The zero-order valence-electron chi connectivity index (χ0n) is 11.1. The number of hydrogen-bond donors (Lipinski definition) is 1. The molecule has 0 saturated carbocycles. The molecule has 0 unspecified atom stereocenters. The lowest BCUT2D eigenvalue weighted by atomic mass is 10.1. The van der Waals surface area contributed by atoms with Crippen molar-refractivity contribution in [2.75, 3.05) is 13.1 Å². The first-order chi connectivity index (χ1) is 8.75. The average molecular weight is 244 g/mol. The molecule has 18 heavy (non-hydrogen) atoms. The number of piperidine rings is 1. The number of rotatable bonds is 2. The molecule has 2 aromatic heterocycles. The molecule has 4 heteroatoms. The second-order valence-electron chi connectivity index (χ2n) is 5.11. The van der Waals surface area contributed by atoms with Crippen LogP contribution in [0.2, 0.25) is 0 Å². The first-order valence-electron chi connectivity index (χ1n) is 6.66. The van der Waals surface area contributed by atoms with Crippen molar-refractivity contribution in [3.8, 4) is 5.69 Å². The van der Waals surface area contributed by atoms with Crippen LogP contribution < -0.4 is 5.32 Å². The Kier molecular flexibility index (Phi) is 2.96. The maximum Gasteiger partial charge on any atom is 0.0837 e. The summed E-state index contributed by atoms with van der Waals surface area (Å²) >= 11 is 0. The third-order valence-electron chi connectivity index (χ3n) is 3.80. The SMILES string of the molecule is Cc1ccc(C)n1-c1cnn(C2CCNCC2)c1. The van der Waals surface area contributed by atoms with E-state index in [1.165, 1.54) is 29.9 Å². The number of nitrogens with zero attached hydrogens (tertiary/aromatic N) is 3. The molecule has 1 aliphatic heterocycles. The van der Waals surface area contributed by atoms with E-state index < -0.39 is 0 Å². The first kappa shape index (κ1) is 11.5. The summed E-state index contributed by atoms with van der Waals surface area (Å²) in [5.74, 6) is 0. The molecule has 0 aromatic carbocycles. The van der Waals surface area contributed by atoms with Gasteiger partial charge in [-0.25, -0.2) is 0 Å². The van der Waals surface area contributed by atoms with E-state index >= 15 is 0 Å². The molecule has 0 amide bonds. The molecule has 0 bridgehead atoms. The van der Waals surface area contributed by atoms with Gasteiger partial charge in [0.25, 0.3) is 0 Å². The van der Waals surface area contributed by atoms with Crippen molar-refractivity contribution in [2.45, 2.75) is 32.7 Å². The van der Waals surface area contributed by atoms with Crippen molar-refractivity contribution in [3.05, 3.63) is 35.9 Å². The maximum atomic E-state index is 4.55. The van der Waals surface area contributed by atoms with Crippen LogP contribution in [0, 0.1) is 13.8 Å². The van der Waals surface area contributed by atoms with Gasteiger partial charge in [0, 0.05) is 17.6 Å². The zero-order chi connectivity index (χ0) is 12.5. The van der Waals surface area contributed by atoms with E-state index in [0.29, 0.717) is 6.04 Å². The summed E-state index contributed by atoms with van der Waals surface area (Å²) in [6.07, 6.45) is 6.49. The van der Waals surface area contributed by atoms with Crippen LogP contribution >= 0.6 is 0 Å². The van der Waals surface area contributed by atoms with Gasteiger partial charge >= 0.3 is 0 Å². The summed E-state index contributed by atoms with van der Waals surface area (Å²) in [5, 5.41) is 7.94. The van der Waals surface area contributed by atoms with E-state index in [9.17, 15) is 0 Å². The Morgan fingerprint density at radius 2 is 1.83 bits per heavy atom. The predicted molar refractivity (Wildman–Crippen MR) is 72.2 cm³/mol. The molecule has 1 aliphatic rings. The topological polar surface area (TPSA) is 34.8 Å². The fraction of sp³-hybridized carbons (Fsp3) is 0.500. The van der Waals surface area contributed by atoms with Crippen molar-refractivity contribution in [1.29, 1.82) is 0 Å². The second kappa shape index (κ2) is 4.61. The first-order valence-corrected chi connectivity index (χ1v) is 6.66. The molecule has 2 aromatic rings. The molecule has 0 spiro atoms. The number of hydrogen-bond acceptors (Lipinski definition) is 2. The quantitative estimate of drug-likeness (QED) is 0.879. The van der Waals surface area contributed by atoms with Gasteiger partial charge in [0.05, 0.1) is 17.9 Å². The molecule has 1 N–H and O–H groups in total. The van der Waals surface area contributed by atoms with Crippen LogP contribution in [0.25, 0.3) is 5.69 Å². The van der Waals surface area contributed by atoms with Crippen LogP contribution in [-0.2, 0) is 0 Å². The van der Waals surface area contributed by atoms with Crippen LogP contribution in [0.4, 0.5) is 0 Å². The molecule has 0 radical (unpaired) electrons. The van der Waals surface area contributed by atoms with E-state index in [0.717, 1.165) is 13.1 Å². The van der Waals surface area contributed by atoms with E-state index in [2.05, 4.69) is 51.8 Å². The fourth-order valence-electron chi connectivity index (χ4n) is 2.79. The van der Waals surface area contributed by atoms with Gasteiger partial charge in [-0.05, 0) is 51.9 Å². The summed E-state index contributed by atoms with van der Waals surface area (Å²) in [6, 6.07) is 4.85. The molecule has 0 atom stereocenters. The highest BCUT2D eigenvalue weighted by atomic mass is 15.3. The minimum absolute atomic E-state index is 0.552. The molecule has 4 nitrogen and oxygen atoms in total. The van der Waals surface area contributed by atoms with Crippen LogP contribution in [0.1, 0.15) is 30.3 Å². The second-order valence-corrected chi connectivity index (χ2v) is 5.11. The van der Waals surface area contributed by atoms with Gasteiger partial charge in [-0.1, -0.05) is 0 Å². The summed E-state index contributed by atoms with van der Waals surface area (Å²) in [5.41, 5.74) is 3.70. The summed E-state index contributed by atoms with van der Waals surface area (Å²) < 4.78 is 4.39. The molecule has 0 aliphatic carbocycles. The Hall–Kier alpha value is -1.55. The Bertz CT molecular complexity index is 512. The van der Waals surface area contributed by atoms with Gasteiger partial charge in [0.2, 0.25) is 0 Å². The summed E-state index contributed by atoms with van der Waals surface area (Å²) in [6.45, 7) is 6.46. The minimum atomic E-state index is 0.552. The molecule has 3 rings (SSSR count). The highest BCUT2D eigenvalue weighted by Crippen LogP contribution is 2.21. The Morgan fingerprint density at radius 1 is 1.17 bits per heavy atom. The Morgan fingerprint density at radius 3 is 2.50 bits per heavy atom. The zero-order valence-corrected chi connectivity index (χ0v) is 11.1. The lowest BCUT2D eigenvalue weighted by molar-refractivity contribution is 0.343.